The molecule has 0 spiro atoms. The van der Waals surface area contributed by atoms with Crippen LogP contribution in [0.3, 0.4) is 0 Å². The maximum Gasteiger partial charge on any atom is 0.167 e. The van der Waals surface area contributed by atoms with Gasteiger partial charge in [0.2, 0.25) is 0 Å². The van der Waals surface area contributed by atoms with Crippen LogP contribution in [0.2, 0.25) is 0 Å². The van der Waals surface area contributed by atoms with Crippen molar-refractivity contribution in [2.75, 3.05) is 6.61 Å². The molecule has 0 aromatic carbocycles. The summed E-state index contributed by atoms with van der Waals surface area (Å²) in [6, 6.07) is 0. The van der Waals surface area contributed by atoms with E-state index in [1.54, 1.807) is 26.8 Å². The number of hydrogen-bond acceptors (Lipinski definition) is 4. The van der Waals surface area contributed by atoms with Gasteiger partial charge in [0, 0.05) is 18.3 Å². The molecule has 0 aromatic rings. The Balaban J connectivity index is 3.11. The van der Waals surface area contributed by atoms with Crippen molar-refractivity contribution in [2.24, 2.45) is 5.41 Å². The Kier molecular flexibility index (Phi) is 5.20. The van der Waals surface area contributed by atoms with Crippen LogP contribution in [-0.4, -0.2) is 34.5 Å². The first-order chi connectivity index (χ1) is 8.76. The zero-order valence-electron chi connectivity index (χ0n) is 11.8. The number of aliphatic hydroxyl groups is 2. The largest absolute Gasteiger partial charge is 0.392 e. The predicted octanol–water partition coefficient (Wildman–Crippen LogP) is 1.56. The first kappa shape index (κ1) is 15.8. The smallest absolute Gasteiger partial charge is 0.167 e. The Bertz CT molecular complexity index is 429. The second kappa shape index (κ2) is 6.26. The molecule has 1 atom stereocenters. The van der Waals surface area contributed by atoms with Crippen LogP contribution in [0.25, 0.3) is 0 Å². The third-order valence-corrected chi connectivity index (χ3v) is 3.40. The van der Waals surface area contributed by atoms with Gasteiger partial charge in [-0.15, -0.1) is 0 Å². The number of allylic oxidation sites excluding steroid dienone is 2. The summed E-state index contributed by atoms with van der Waals surface area (Å²) in [5.74, 6) is -0.347. The summed E-state index contributed by atoms with van der Waals surface area (Å²) in [6.07, 6.45) is 2.85. The number of Topliss-reactive ketones (excluding diaryl/α,β-unsaturated/α-hetero) is 1. The molecule has 0 fully saturated rings. The molecule has 19 heavy (non-hydrogen) atoms. The molecule has 106 valence electrons. The molecule has 4 nitrogen and oxygen atoms in total. The molecule has 4 heteroatoms. The number of rotatable bonds is 1. The standard InChI is InChI=1S/C15H22O4/c1-10-6-12(17)8-11(9-16)4-5-15(2,3)14(19)13(18)7-10/h4,6,13,16,18H,5,7-9H2,1-3H3/b10-6+,11-4-/t13-/m0/s1. The molecule has 0 saturated carbocycles. The lowest BCUT2D eigenvalue weighted by Gasteiger charge is -2.24. The minimum atomic E-state index is -1.08. The van der Waals surface area contributed by atoms with Gasteiger partial charge in [0.15, 0.2) is 11.6 Å². The number of ketones is 2. The molecule has 2 N–H and O–H groups in total. The van der Waals surface area contributed by atoms with E-state index in [1.165, 1.54) is 6.08 Å². The van der Waals surface area contributed by atoms with Crippen LogP contribution in [-0.2, 0) is 9.59 Å². The number of carbonyl (C=O) groups is 2. The zero-order valence-corrected chi connectivity index (χ0v) is 11.8. The Hall–Kier alpha value is -1.26. The van der Waals surface area contributed by atoms with Gasteiger partial charge in [-0.05, 0) is 25.0 Å². The summed E-state index contributed by atoms with van der Waals surface area (Å²) in [5, 5.41) is 19.2. The average molecular weight is 266 g/mol. The van der Waals surface area contributed by atoms with Crippen LogP contribution >= 0.6 is 0 Å². The van der Waals surface area contributed by atoms with Crippen molar-refractivity contribution in [1.29, 1.82) is 0 Å². The molecule has 0 aliphatic heterocycles. The highest BCUT2D eigenvalue weighted by molar-refractivity contribution is 5.93. The summed E-state index contributed by atoms with van der Waals surface area (Å²) in [4.78, 5) is 23.9. The summed E-state index contributed by atoms with van der Waals surface area (Å²) in [5.41, 5.74) is 0.597. The molecule has 0 unspecified atom stereocenters. The van der Waals surface area contributed by atoms with E-state index in [2.05, 4.69) is 0 Å². The van der Waals surface area contributed by atoms with Gasteiger partial charge in [-0.25, -0.2) is 0 Å². The number of hydrogen-bond donors (Lipinski definition) is 2. The van der Waals surface area contributed by atoms with Crippen molar-refractivity contribution < 1.29 is 19.8 Å². The Morgan fingerprint density at radius 1 is 1.37 bits per heavy atom. The van der Waals surface area contributed by atoms with Gasteiger partial charge < -0.3 is 10.2 Å². The van der Waals surface area contributed by atoms with Gasteiger partial charge >= 0.3 is 0 Å². The molecular formula is C15H22O4. The molecule has 0 radical (unpaired) electrons. The Morgan fingerprint density at radius 2 is 2.00 bits per heavy atom. The van der Waals surface area contributed by atoms with Gasteiger partial charge in [0.05, 0.1) is 6.61 Å². The molecule has 1 rings (SSSR count). The van der Waals surface area contributed by atoms with Crippen molar-refractivity contribution in [3.8, 4) is 0 Å². The van der Waals surface area contributed by atoms with E-state index in [1.807, 2.05) is 0 Å². The van der Waals surface area contributed by atoms with Gasteiger partial charge in [0.1, 0.15) is 6.10 Å². The van der Waals surface area contributed by atoms with Gasteiger partial charge in [0.25, 0.3) is 0 Å². The van der Waals surface area contributed by atoms with Crippen LogP contribution in [0.1, 0.15) is 40.0 Å². The summed E-state index contributed by atoms with van der Waals surface area (Å²) < 4.78 is 0. The molecular weight excluding hydrogens is 244 g/mol. The van der Waals surface area contributed by atoms with Crippen LogP contribution < -0.4 is 0 Å². The minimum absolute atomic E-state index is 0.114. The van der Waals surface area contributed by atoms with Crippen LogP contribution in [0, 0.1) is 5.41 Å². The number of carbonyl (C=O) groups excluding carboxylic acids is 2. The maximum atomic E-state index is 12.2. The van der Waals surface area contributed by atoms with Crippen LogP contribution in [0.15, 0.2) is 23.3 Å². The highest BCUT2D eigenvalue weighted by atomic mass is 16.3. The van der Waals surface area contributed by atoms with Gasteiger partial charge in [-0.1, -0.05) is 25.5 Å². The Morgan fingerprint density at radius 3 is 2.58 bits per heavy atom. The monoisotopic (exact) mass is 266 g/mol. The second-order valence-corrected chi connectivity index (χ2v) is 5.83. The lowest BCUT2D eigenvalue weighted by molar-refractivity contribution is -0.135. The predicted molar refractivity (Wildman–Crippen MR) is 72.6 cm³/mol. The van der Waals surface area contributed by atoms with Crippen molar-refractivity contribution in [3.05, 3.63) is 23.3 Å². The first-order valence-corrected chi connectivity index (χ1v) is 6.47. The fourth-order valence-electron chi connectivity index (χ4n) is 2.15. The van der Waals surface area contributed by atoms with E-state index in [-0.39, 0.29) is 31.0 Å². The maximum absolute atomic E-state index is 12.2. The first-order valence-electron chi connectivity index (χ1n) is 6.47. The molecule has 1 aliphatic carbocycles. The van der Waals surface area contributed by atoms with Crippen molar-refractivity contribution >= 4 is 11.6 Å². The molecule has 0 saturated heterocycles. The number of aliphatic hydroxyl groups excluding tert-OH is 2. The van der Waals surface area contributed by atoms with Gasteiger partial charge in [-0.3, -0.25) is 9.59 Å². The fraction of sp³-hybridized carbons (Fsp3) is 0.600. The van der Waals surface area contributed by atoms with E-state index in [0.717, 1.165) is 0 Å². The van der Waals surface area contributed by atoms with E-state index in [4.69, 9.17) is 0 Å². The Labute approximate surface area is 113 Å². The third-order valence-electron chi connectivity index (χ3n) is 3.40. The summed E-state index contributed by atoms with van der Waals surface area (Å²) >= 11 is 0. The highest BCUT2D eigenvalue weighted by Gasteiger charge is 2.32. The van der Waals surface area contributed by atoms with E-state index >= 15 is 0 Å². The normalized spacial score (nSPS) is 30.9. The molecule has 0 heterocycles. The highest BCUT2D eigenvalue weighted by Crippen LogP contribution is 2.27. The molecule has 0 bridgehead atoms. The summed E-state index contributed by atoms with van der Waals surface area (Å²) in [6.45, 7) is 5.07. The van der Waals surface area contributed by atoms with Gasteiger partial charge in [-0.2, -0.15) is 0 Å². The lowest BCUT2D eigenvalue weighted by atomic mass is 9.80. The average Bonchev–Trinajstić information content (AvgIpc) is 2.32. The van der Waals surface area contributed by atoms with Crippen molar-refractivity contribution in [1.82, 2.24) is 0 Å². The minimum Gasteiger partial charge on any atom is -0.392 e. The van der Waals surface area contributed by atoms with Crippen LogP contribution in [0.4, 0.5) is 0 Å². The SMILES string of the molecule is C/C1=C\C(=O)C/C(CO)=C/CC(C)(C)C(=O)[C@@H](O)C1. The lowest BCUT2D eigenvalue weighted by Crippen LogP contribution is -2.34. The third kappa shape index (κ3) is 4.40. The van der Waals surface area contributed by atoms with E-state index in [0.29, 0.717) is 17.6 Å². The molecule has 1 aliphatic rings. The topological polar surface area (TPSA) is 74.6 Å². The quantitative estimate of drug-likeness (QED) is 0.706. The van der Waals surface area contributed by atoms with Crippen LogP contribution in [0.5, 0.6) is 0 Å². The zero-order chi connectivity index (χ0) is 14.6. The van der Waals surface area contributed by atoms with Crippen molar-refractivity contribution in [2.45, 2.75) is 46.1 Å². The molecule has 0 amide bonds. The second-order valence-electron chi connectivity index (χ2n) is 5.83. The summed E-state index contributed by atoms with van der Waals surface area (Å²) in [7, 11) is 0. The van der Waals surface area contributed by atoms with E-state index < -0.39 is 11.5 Å². The van der Waals surface area contributed by atoms with E-state index in [9.17, 15) is 19.8 Å². The molecule has 0 aromatic heterocycles. The van der Waals surface area contributed by atoms with Crippen molar-refractivity contribution in [3.63, 3.8) is 0 Å². The fourth-order valence-corrected chi connectivity index (χ4v) is 2.15.